The molecule has 0 bridgehead atoms. The highest BCUT2D eigenvalue weighted by Crippen LogP contribution is 2.42. The fourth-order valence-electron chi connectivity index (χ4n) is 9.77. The molecule has 0 N–H and O–H groups in total. The highest BCUT2D eigenvalue weighted by atomic mass is 16.3. The minimum atomic E-state index is 0.900. The molecule has 3 aromatic heterocycles. The predicted molar refractivity (Wildman–Crippen MR) is 248 cm³/mol. The minimum Gasteiger partial charge on any atom is -0.455 e. The normalized spacial score (nSPS) is 12.1. The highest BCUT2D eigenvalue weighted by molar-refractivity contribution is 6.23. The lowest BCUT2D eigenvalue weighted by Gasteiger charge is -2.11. The molecule has 0 radical (unpaired) electrons. The van der Waals surface area contributed by atoms with Gasteiger partial charge in [0.25, 0.3) is 0 Å². The van der Waals surface area contributed by atoms with Gasteiger partial charge < -0.3 is 13.6 Å². The maximum absolute atomic E-state index is 6.51. The van der Waals surface area contributed by atoms with Crippen molar-refractivity contribution in [2.75, 3.05) is 0 Å². The van der Waals surface area contributed by atoms with Crippen LogP contribution in [0.2, 0.25) is 0 Å². The molecule has 0 atom stereocenters. The zero-order valence-corrected chi connectivity index (χ0v) is 31.9. The Kier molecular flexibility index (Phi) is 6.72. The van der Waals surface area contributed by atoms with E-state index < -0.39 is 0 Å². The number of benzene rings is 10. The zero-order chi connectivity index (χ0) is 38.6. The molecule has 10 aromatic carbocycles. The van der Waals surface area contributed by atoms with E-state index in [2.05, 4.69) is 215 Å². The van der Waals surface area contributed by atoms with Crippen molar-refractivity contribution in [3.8, 4) is 33.6 Å². The summed E-state index contributed by atoms with van der Waals surface area (Å²) in [7, 11) is 0. The van der Waals surface area contributed by atoms with Gasteiger partial charge in [0.1, 0.15) is 11.2 Å². The van der Waals surface area contributed by atoms with Gasteiger partial charge in [0.05, 0.1) is 22.1 Å². The van der Waals surface area contributed by atoms with Gasteiger partial charge in [-0.1, -0.05) is 127 Å². The van der Waals surface area contributed by atoms with E-state index in [1.54, 1.807) is 0 Å². The van der Waals surface area contributed by atoms with E-state index in [0.717, 1.165) is 38.8 Å². The third-order valence-corrected chi connectivity index (χ3v) is 12.5. The van der Waals surface area contributed by atoms with Crippen LogP contribution in [0.25, 0.3) is 121 Å². The van der Waals surface area contributed by atoms with Gasteiger partial charge in [-0.3, -0.25) is 0 Å². The lowest BCUT2D eigenvalue weighted by atomic mass is 9.99. The van der Waals surface area contributed by atoms with Crippen molar-refractivity contribution in [3.05, 3.63) is 206 Å². The number of fused-ring (bicyclic) bond motifs is 12. The summed E-state index contributed by atoms with van der Waals surface area (Å²) in [5, 5.41) is 12.3. The topological polar surface area (TPSA) is 23.0 Å². The molecule has 59 heavy (non-hydrogen) atoms. The lowest BCUT2D eigenvalue weighted by molar-refractivity contribution is 0.670. The smallest absolute Gasteiger partial charge is 0.143 e. The van der Waals surface area contributed by atoms with Gasteiger partial charge in [0.2, 0.25) is 0 Å². The Morgan fingerprint density at radius 2 is 0.949 bits per heavy atom. The van der Waals surface area contributed by atoms with E-state index in [1.807, 2.05) is 0 Å². The summed E-state index contributed by atoms with van der Waals surface area (Å²) in [6, 6.07) is 75.0. The predicted octanol–water partition coefficient (Wildman–Crippen LogP) is 15.4. The van der Waals surface area contributed by atoms with Crippen LogP contribution in [0, 0.1) is 0 Å². The second-order valence-corrected chi connectivity index (χ2v) is 15.7. The van der Waals surface area contributed by atoms with Crippen molar-refractivity contribution >= 4 is 87.1 Å². The van der Waals surface area contributed by atoms with Crippen LogP contribution >= 0.6 is 0 Å². The Balaban J connectivity index is 0.947. The second kappa shape index (κ2) is 12.3. The van der Waals surface area contributed by atoms with E-state index >= 15 is 0 Å². The van der Waals surface area contributed by atoms with Crippen molar-refractivity contribution in [1.82, 2.24) is 9.13 Å². The average molecular weight is 751 g/mol. The van der Waals surface area contributed by atoms with Crippen LogP contribution in [0.1, 0.15) is 0 Å². The minimum absolute atomic E-state index is 0.900. The van der Waals surface area contributed by atoms with Crippen molar-refractivity contribution < 1.29 is 4.42 Å². The summed E-state index contributed by atoms with van der Waals surface area (Å²) in [5.74, 6) is 0. The molecule has 3 heterocycles. The summed E-state index contributed by atoms with van der Waals surface area (Å²) in [6.45, 7) is 0. The molecule has 0 aliphatic heterocycles. The van der Waals surface area contributed by atoms with Crippen molar-refractivity contribution in [2.45, 2.75) is 0 Å². The molecule has 0 fully saturated rings. The zero-order valence-electron chi connectivity index (χ0n) is 31.9. The number of rotatable bonds is 4. The SMILES string of the molecule is c1ccc(-c2cccc3c2oc2ccc(-c4ccc5c(c4)c4ccccc4n5-c4ccc5cc6c(ccc7c6c6ccccc6n7-c6ccccc6)cc5c4)cc23)cc1. The first-order chi connectivity index (χ1) is 29.2. The summed E-state index contributed by atoms with van der Waals surface area (Å²) in [5.41, 5.74) is 13.6. The fraction of sp³-hybridized carbons (Fsp3) is 0. The molecule has 13 rings (SSSR count). The molecule has 3 nitrogen and oxygen atoms in total. The van der Waals surface area contributed by atoms with Gasteiger partial charge in [0.15, 0.2) is 0 Å². The van der Waals surface area contributed by atoms with Crippen molar-refractivity contribution in [1.29, 1.82) is 0 Å². The molecular formula is C56H34N2O. The van der Waals surface area contributed by atoms with E-state index in [4.69, 9.17) is 4.42 Å². The van der Waals surface area contributed by atoms with Crippen LogP contribution in [0.3, 0.4) is 0 Å². The van der Waals surface area contributed by atoms with Crippen LogP contribution in [0.5, 0.6) is 0 Å². The van der Waals surface area contributed by atoms with Gasteiger partial charge in [-0.05, 0) is 117 Å². The van der Waals surface area contributed by atoms with Gasteiger partial charge >= 0.3 is 0 Å². The monoisotopic (exact) mass is 750 g/mol. The third kappa shape index (κ3) is 4.76. The first-order valence-corrected chi connectivity index (χ1v) is 20.2. The molecule has 0 unspecified atom stereocenters. The first kappa shape index (κ1) is 32.2. The van der Waals surface area contributed by atoms with Crippen molar-refractivity contribution in [2.24, 2.45) is 0 Å². The van der Waals surface area contributed by atoms with E-state index in [0.29, 0.717) is 0 Å². The van der Waals surface area contributed by atoms with Crippen LogP contribution in [0.4, 0.5) is 0 Å². The molecule has 0 aliphatic rings. The summed E-state index contributed by atoms with van der Waals surface area (Å²) < 4.78 is 11.3. The van der Waals surface area contributed by atoms with E-state index in [1.165, 1.54) is 82.0 Å². The van der Waals surface area contributed by atoms with Crippen molar-refractivity contribution in [3.63, 3.8) is 0 Å². The van der Waals surface area contributed by atoms with E-state index in [-0.39, 0.29) is 0 Å². The van der Waals surface area contributed by atoms with Crippen LogP contribution < -0.4 is 0 Å². The highest BCUT2D eigenvalue weighted by Gasteiger charge is 2.18. The number of furan rings is 1. The largest absolute Gasteiger partial charge is 0.455 e. The molecule has 13 aromatic rings. The summed E-state index contributed by atoms with van der Waals surface area (Å²) in [6.07, 6.45) is 0. The second-order valence-electron chi connectivity index (χ2n) is 15.7. The Morgan fingerprint density at radius 3 is 1.80 bits per heavy atom. The van der Waals surface area contributed by atoms with Crippen LogP contribution in [-0.4, -0.2) is 9.13 Å². The number of para-hydroxylation sites is 4. The van der Waals surface area contributed by atoms with Crippen LogP contribution in [0.15, 0.2) is 211 Å². The maximum atomic E-state index is 6.51. The molecule has 0 spiro atoms. The standard InChI is InChI=1S/C56H34N2O/c1-3-12-35(13-4-1)43-18-11-19-45-49-34-37(25-29-54(49)59-56(43)45)36-23-27-52-48(33-36)44-16-7-9-20-50(44)58(52)42-26-22-38-32-47-39(30-40(38)31-42)24-28-53-55(47)46-17-8-10-21-51(46)57(53)41-14-5-2-6-15-41/h1-34H. The Labute approximate surface area is 339 Å². The first-order valence-electron chi connectivity index (χ1n) is 20.2. The molecule has 0 saturated carbocycles. The quantitative estimate of drug-likeness (QED) is 0.164. The Morgan fingerprint density at radius 1 is 0.305 bits per heavy atom. The molecule has 274 valence electrons. The third-order valence-electron chi connectivity index (χ3n) is 12.5. The Bertz CT molecular complexity index is 3830. The number of hydrogen-bond donors (Lipinski definition) is 0. The molecule has 3 heteroatoms. The molecular weight excluding hydrogens is 717 g/mol. The lowest BCUT2D eigenvalue weighted by Crippen LogP contribution is -1.94. The van der Waals surface area contributed by atoms with Crippen LogP contribution in [-0.2, 0) is 0 Å². The Hall–Kier alpha value is -7.88. The van der Waals surface area contributed by atoms with Gasteiger partial charge in [-0.15, -0.1) is 0 Å². The summed E-state index contributed by atoms with van der Waals surface area (Å²) >= 11 is 0. The number of nitrogens with zero attached hydrogens (tertiary/aromatic N) is 2. The number of aromatic nitrogens is 2. The van der Waals surface area contributed by atoms with Gasteiger partial charge in [-0.25, -0.2) is 0 Å². The maximum Gasteiger partial charge on any atom is 0.143 e. The number of hydrogen-bond acceptors (Lipinski definition) is 1. The van der Waals surface area contributed by atoms with Gasteiger partial charge in [-0.2, -0.15) is 0 Å². The molecule has 0 aliphatic carbocycles. The summed E-state index contributed by atoms with van der Waals surface area (Å²) in [4.78, 5) is 0. The molecule has 0 amide bonds. The fourth-order valence-corrected chi connectivity index (χ4v) is 9.77. The van der Waals surface area contributed by atoms with E-state index in [9.17, 15) is 0 Å². The average Bonchev–Trinajstić information content (AvgIpc) is 3.96. The van der Waals surface area contributed by atoms with Gasteiger partial charge in [0, 0.05) is 49.3 Å². The molecule has 0 saturated heterocycles.